The van der Waals surface area contributed by atoms with Crippen molar-refractivity contribution in [1.29, 1.82) is 0 Å². The van der Waals surface area contributed by atoms with Gasteiger partial charge in [-0.15, -0.1) is 0 Å². The molecule has 3 atom stereocenters. The summed E-state index contributed by atoms with van der Waals surface area (Å²) in [7, 11) is 0. The predicted molar refractivity (Wildman–Crippen MR) is 257 cm³/mol. The van der Waals surface area contributed by atoms with Gasteiger partial charge in [0.1, 0.15) is 12.2 Å². The quantitative estimate of drug-likeness (QED) is 0.0611. The van der Waals surface area contributed by atoms with Gasteiger partial charge in [-0.25, -0.2) is 0 Å². The van der Waals surface area contributed by atoms with E-state index in [0.717, 1.165) is 65.0 Å². The van der Waals surface area contributed by atoms with Crippen LogP contribution in [-0.4, -0.2) is 83.1 Å². The third kappa shape index (κ3) is 47.2. The normalized spacial score (nSPS) is 15.2. The Morgan fingerprint density at radius 2 is 0.750 bits per heavy atom. The molecule has 60 heavy (non-hydrogen) atoms. The van der Waals surface area contributed by atoms with E-state index >= 15 is 0 Å². The standard InChI is InChI=1S/C29H58O4.C24H50O3/c1-3-5-6-7-8-9-10-11-12-13-14-15-16-17-18-20-24-30-26-28(31-23-4-2)27-33-29-22-19-21-25-32-29;1-3-5-6-7-8-9-10-11-12-13-14-15-16-17-18-19-21-26-23-24(22-25)27-20-4-2/h28-29H,3-27H2,1-2H3;24-25H,3-23H2,1-2H3/t28-,29?;24-/m10/s1. The lowest BCUT2D eigenvalue weighted by atomic mass is 10.0. The highest BCUT2D eigenvalue weighted by Crippen LogP contribution is 2.17. The van der Waals surface area contributed by atoms with Gasteiger partial charge in [0.15, 0.2) is 6.29 Å². The molecule has 0 bridgehead atoms. The summed E-state index contributed by atoms with van der Waals surface area (Å²) in [4.78, 5) is 0. The zero-order valence-electron chi connectivity index (χ0n) is 41.2. The number of aliphatic hydroxyl groups is 1. The Kier molecular flexibility index (Phi) is 52.8. The second-order valence-electron chi connectivity index (χ2n) is 18.1. The molecule has 7 heteroatoms. The molecule has 0 saturated carbocycles. The van der Waals surface area contributed by atoms with Crippen LogP contribution >= 0.6 is 0 Å². The molecule has 1 fully saturated rings. The maximum absolute atomic E-state index is 9.19. The Balaban J connectivity index is 0.00000119. The Morgan fingerprint density at radius 3 is 1.08 bits per heavy atom. The molecule has 1 N–H and O–H groups in total. The van der Waals surface area contributed by atoms with Crippen molar-refractivity contribution in [3.05, 3.63) is 0 Å². The average molecular weight is 857 g/mol. The van der Waals surface area contributed by atoms with E-state index in [9.17, 15) is 5.11 Å². The van der Waals surface area contributed by atoms with Gasteiger partial charge in [0.05, 0.1) is 26.4 Å². The first-order valence-electron chi connectivity index (χ1n) is 26.9. The molecule has 1 heterocycles. The summed E-state index contributed by atoms with van der Waals surface area (Å²) in [6.07, 6.45) is 49.8. The molecule has 0 aliphatic carbocycles. The van der Waals surface area contributed by atoms with E-state index in [1.165, 1.54) is 199 Å². The van der Waals surface area contributed by atoms with Crippen LogP contribution in [0.3, 0.4) is 0 Å². The first-order valence-corrected chi connectivity index (χ1v) is 26.9. The Labute approximate surface area is 375 Å². The van der Waals surface area contributed by atoms with Crippen molar-refractivity contribution in [1.82, 2.24) is 0 Å². The van der Waals surface area contributed by atoms with Crippen molar-refractivity contribution in [2.45, 2.75) is 284 Å². The summed E-state index contributed by atoms with van der Waals surface area (Å²) < 4.78 is 34.5. The summed E-state index contributed by atoms with van der Waals surface area (Å²) in [5.74, 6) is 0. The second kappa shape index (κ2) is 53.1. The number of rotatable bonds is 48. The van der Waals surface area contributed by atoms with Crippen molar-refractivity contribution in [3.8, 4) is 0 Å². The topological polar surface area (TPSA) is 75.6 Å². The molecular weight excluding hydrogens is 749 g/mol. The summed E-state index contributed by atoms with van der Waals surface area (Å²) in [6.45, 7) is 14.5. The van der Waals surface area contributed by atoms with Crippen LogP contribution in [0.4, 0.5) is 0 Å². The fourth-order valence-corrected chi connectivity index (χ4v) is 7.86. The maximum atomic E-state index is 9.19. The molecule has 0 amide bonds. The Hall–Kier alpha value is -0.280. The molecule has 0 aromatic heterocycles. The molecule has 0 aromatic carbocycles. The van der Waals surface area contributed by atoms with Gasteiger partial charge in [0, 0.05) is 33.0 Å². The van der Waals surface area contributed by atoms with E-state index in [4.69, 9.17) is 28.4 Å². The largest absolute Gasteiger partial charge is 0.394 e. The minimum absolute atomic E-state index is 0.0246. The van der Waals surface area contributed by atoms with Crippen molar-refractivity contribution in [2.75, 3.05) is 59.5 Å². The molecule has 0 radical (unpaired) electrons. The van der Waals surface area contributed by atoms with E-state index in [1.807, 2.05) is 0 Å². The molecule has 1 aliphatic rings. The predicted octanol–water partition coefficient (Wildman–Crippen LogP) is 15.7. The molecule has 1 rings (SSSR count). The number of hydrogen-bond acceptors (Lipinski definition) is 7. The van der Waals surface area contributed by atoms with Gasteiger partial charge < -0.3 is 33.5 Å². The molecule has 1 unspecified atom stereocenters. The second-order valence-corrected chi connectivity index (χ2v) is 18.1. The van der Waals surface area contributed by atoms with Gasteiger partial charge in [0.2, 0.25) is 0 Å². The average Bonchev–Trinajstić information content (AvgIpc) is 3.27. The maximum Gasteiger partial charge on any atom is 0.157 e. The smallest absolute Gasteiger partial charge is 0.157 e. The van der Waals surface area contributed by atoms with Crippen LogP contribution in [0.25, 0.3) is 0 Å². The highest BCUT2D eigenvalue weighted by Gasteiger charge is 2.17. The van der Waals surface area contributed by atoms with Crippen LogP contribution in [-0.2, 0) is 28.4 Å². The molecule has 362 valence electrons. The van der Waals surface area contributed by atoms with Gasteiger partial charge in [-0.3, -0.25) is 0 Å². The van der Waals surface area contributed by atoms with Gasteiger partial charge >= 0.3 is 0 Å². The minimum Gasteiger partial charge on any atom is -0.394 e. The minimum atomic E-state index is -0.147. The van der Waals surface area contributed by atoms with E-state index in [0.29, 0.717) is 26.4 Å². The van der Waals surface area contributed by atoms with E-state index in [-0.39, 0.29) is 25.1 Å². The van der Waals surface area contributed by atoms with Gasteiger partial charge in [0.25, 0.3) is 0 Å². The summed E-state index contributed by atoms with van der Waals surface area (Å²) in [5, 5.41) is 9.19. The highest BCUT2D eigenvalue weighted by atomic mass is 16.7. The van der Waals surface area contributed by atoms with Gasteiger partial charge in [-0.2, -0.15) is 0 Å². The van der Waals surface area contributed by atoms with E-state index in [2.05, 4.69) is 27.7 Å². The van der Waals surface area contributed by atoms with Crippen molar-refractivity contribution < 1.29 is 33.5 Å². The van der Waals surface area contributed by atoms with Crippen LogP contribution in [0.2, 0.25) is 0 Å². The lowest BCUT2D eigenvalue weighted by Gasteiger charge is -2.25. The van der Waals surface area contributed by atoms with E-state index in [1.54, 1.807) is 0 Å². The third-order valence-corrected chi connectivity index (χ3v) is 11.8. The number of aliphatic hydroxyl groups excluding tert-OH is 1. The number of unbranched alkanes of at least 4 members (excludes halogenated alkanes) is 30. The Bertz CT molecular complexity index is 749. The highest BCUT2D eigenvalue weighted by molar-refractivity contribution is 4.60. The number of hydrogen-bond donors (Lipinski definition) is 1. The van der Waals surface area contributed by atoms with Crippen molar-refractivity contribution in [3.63, 3.8) is 0 Å². The van der Waals surface area contributed by atoms with E-state index < -0.39 is 0 Å². The fraction of sp³-hybridized carbons (Fsp3) is 1.00. The zero-order valence-corrected chi connectivity index (χ0v) is 41.2. The third-order valence-electron chi connectivity index (χ3n) is 11.8. The van der Waals surface area contributed by atoms with Crippen LogP contribution in [0.1, 0.15) is 265 Å². The molecule has 1 saturated heterocycles. The van der Waals surface area contributed by atoms with Gasteiger partial charge in [-0.1, -0.05) is 220 Å². The van der Waals surface area contributed by atoms with Crippen LogP contribution in [0, 0.1) is 0 Å². The number of ether oxygens (including phenoxy) is 6. The molecule has 0 aromatic rings. The lowest BCUT2D eigenvalue weighted by molar-refractivity contribution is -0.184. The van der Waals surface area contributed by atoms with Crippen LogP contribution < -0.4 is 0 Å². The molecule has 7 nitrogen and oxygen atoms in total. The first kappa shape index (κ1) is 59.7. The van der Waals surface area contributed by atoms with Crippen molar-refractivity contribution >= 4 is 0 Å². The summed E-state index contributed by atoms with van der Waals surface area (Å²) >= 11 is 0. The van der Waals surface area contributed by atoms with Crippen molar-refractivity contribution in [2.24, 2.45) is 0 Å². The molecule has 0 spiro atoms. The molecule has 1 aliphatic heterocycles. The van der Waals surface area contributed by atoms with Crippen LogP contribution in [0.5, 0.6) is 0 Å². The molecular formula is C53H108O7. The monoisotopic (exact) mass is 857 g/mol. The first-order chi connectivity index (χ1) is 29.7. The lowest BCUT2D eigenvalue weighted by Crippen LogP contribution is -2.31. The SMILES string of the molecule is CCCCCCCCCCCCCCCCCCOC[C@H](CO)OCCC.CCCCCCCCCCCCCCCCCCOC[C@H](COC1CCCCO1)OCCC. The van der Waals surface area contributed by atoms with Gasteiger partial charge in [-0.05, 0) is 44.9 Å². The summed E-state index contributed by atoms with van der Waals surface area (Å²) in [5.41, 5.74) is 0. The summed E-state index contributed by atoms with van der Waals surface area (Å²) in [6, 6.07) is 0. The van der Waals surface area contributed by atoms with Crippen LogP contribution in [0.15, 0.2) is 0 Å². The fourth-order valence-electron chi connectivity index (χ4n) is 7.86. The zero-order chi connectivity index (χ0) is 43.5. The Morgan fingerprint density at radius 1 is 0.400 bits per heavy atom.